The Kier molecular flexibility index (Phi) is 1.80. The van der Waals surface area contributed by atoms with Crippen molar-refractivity contribution in [3.05, 3.63) is 0 Å². The number of alkyl halides is 1. The summed E-state index contributed by atoms with van der Waals surface area (Å²) >= 11 is 0. The van der Waals surface area contributed by atoms with E-state index in [1.165, 1.54) is 0 Å². The number of hydrogen-bond acceptors (Lipinski definition) is 1. The van der Waals surface area contributed by atoms with Crippen LogP contribution in [0.5, 0.6) is 0 Å². The van der Waals surface area contributed by atoms with Crippen molar-refractivity contribution in [2.45, 2.75) is 11.7 Å². The molecule has 1 nitrogen and oxygen atoms in total. The molecule has 1 atom stereocenters. The largest absolute Gasteiger partial charge is 0.306 e. The van der Waals surface area contributed by atoms with Crippen molar-refractivity contribution in [2.24, 2.45) is 0 Å². The molecular formula is C6H13BFN. The lowest BCUT2D eigenvalue weighted by atomic mass is 9.69. The molecule has 1 aliphatic heterocycles. The summed E-state index contributed by atoms with van der Waals surface area (Å²) in [6, 6.07) is 0. The van der Waals surface area contributed by atoms with Gasteiger partial charge in [-0.15, -0.1) is 0 Å². The van der Waals surface area contributed by atoms with Gasteiger partial charge in [-0.2, -0.15) is 0 Å². The molecule has 0 radical (unpaired) electrons. The molecule has 1 saturated heterocycles. The first-order chi connectivity index (χ1) is 4.16. The number of likely N-dealkylation sites (tertiary alicyclic amines) is 1. The zero-order valence-corrected chi connectivity index (χ0v) is 6.15. The lowest BCUT2D eigenvalue weighted by molar-refractivity contribution is 0.354. The van der Waals surface area contributed by atoms with E-state index in [0.29, 0.717) is 0 Å². The molecule has 0 aromatic carbocycles. The Morgan fingerprint density at radius 1 is 1.78 bits per heavy atom. The van der Waals surface area contributed by atoms with E-state index in [-0.39, 0.29) is 12.0 Å². The van der Waals surface area contributed by atoms with E-state index in [1.54, 1.807) is 0 Å². The highest BCUT2D eigenvalue weighted by Crippen LogP contribution is 2.33. The fourth-order valence-electron chi connectivity index (χ4n) is 1.38. The van der Waals surface area contributed by atoms with Gasteiger partial charge in [0.05, 0.1) is 6.67 Å². The maximum atomic E-state index is 12.2. The van der Waals surface area contributed by atoms with Crippen molar-refractivity contribution in [1.29, 1.82) is 0 Å². The monoisotopic (exact) mass is 129 g/mol. The third kappa shape index (κ3) is 1.45. The quantitative estimate of drug-likeness (QED) is 0.453. The topological polar surface area (TPSA) is 3.24 Å². The van der Waals surface area contributed by atoms with Gasteiger partial charge < -0.3 is 4.90 Å². The van der Waals surface area contributed by atoms with E-state index < -0.39 is 0 Å². The van der Waals surface area contributed by atoms with Gasteiger partial charge in [-0.1, -0.05) is 0 Å². The minimum atomic E-state index is -0.169. The van der Waals surface area contributed by atoms with Crippen molar-refractivity contribution in [3.63, 3.8) is 0 Å². The molecule has 0 spiro atoms. The molecule has 1 unspecified atom stereocenters. The van der Waals surface area contributed by atoms with E-state index in [4.69, 9.17) is 0 Å². The molecule has 1 fully saturated rings. The average Bonchev–Trinajstić information content (AvgIpc) is 2.13. The second kappa shape index (κ2) is 2.29. The van der Waals surface area contributed by atoms with Crippen LogP contribution in [0.15, 0.2) is 0 Å². The summed E-state index contributed by atoms with van der Waals surface area (Å²) in [6.07, 6.45) is 1.01. The van der Waals surface area contributed by atoms with Crippen LogP contribution < -0.4 is 0 Å². The van der Waals surface area contributed by atoms with Gasteiger partial charge in [0.15, 0.2) is 0 Å². The molecule has 0 aromatic rings. The second-order valence-electron chi connectivity index (χ2n) is 3.43. The number of nitrogens with zero attached hydrogens (tertiary/aromatic N) is 1. The number of halogens is 1. The minimum Gasteiger partial charge on any atom is -0.306 e. The molecule has 1 rings (SSSR count). The lowest BCUT2D eigenvalue weighted by Crippen LogP contribution is -2.20. The van der Waals surface area contributed by atoms with Gasteiger partial charge >= 0.3 is 0 Å². The van der Waals surface area contributed by atoms with Crippen LogP contribution in [0.2, 0.25) is 5.31 Å². The Morgan fingerprint density at radius 3 is 2.67 bits per heavy atom. The van der Waals surface area contributed by atoms with Crippen molar-refractivity contribution < 1.29 is 4.39 Å². The summed E-state index contributed by atoms with van der Waals surface area (Å²) in [4.78, 5) is 2.18. The second-order valence-corrected chi connectivity index (χ2v) is 3.43. The molecule has 0 N–H and O–H groups in total. The first kappa shape index (κ1) is 7.07. The molecule has 52 valence electrons. The normalized spacial score (nSPS) is 37.6. The van der Waals surface area contributed by atoms with Crippen LogP contribution in [0.4, 0.5) is 4.39 Å². The van der Waals surface area contributed by atoms with E-state index in [0.717, 1.165) is 19.5 Å². The summed E-state index contributed by atoms with van der Waals surface area (Å²) in [5.41, 5.74) is 0. The summed E-state index contributed by atoms with van der Waals surface area (Å²) < 4.78 is 12.2. The first-order valence-corrected chi connectivity index (χ1v) is 3.41. The first-order valence-electron chi connectivity index (χ1n) is 3.41. The maximum Gasteiger partial charge on any atom is 0.114 e. The predicted molar refractivity (Wildman–Crippen MR) is 39.3 cm³/mol. The van der Waals surface area contributed by atoms with E-state index >= 15 is 0 Å². The molecule has 3 heteroatoms. The van der Waals surface area contributed by atoms with Crippen molar-refractivity contribution in [1.82, 2.24) is 4.90 Å². The van der Waals surface area contributed by atoms with E-state index in [2.05, 4.69) is 4.90 Å². The highest BCUT2D eigenvalue weighted by molar-refractivity contribution is 6.15. The van der Waals surface area contributed by atoms with Crippen LogP contribution in [0.1, 0.15) is 6.42 Å². The van der Waals surface area contributed by atoms with Crippen LogP contribution in [-0.4, -0.2) is 39.6 Å². The fraction of sp³-hybridized carbons (Fsp3) is 1.00. The van der Waals surface area contributed by atoms with Crippen LogP contribution in [0.25, 0.3) is 0 Å². The molecule has 0 aliphatic carbocycles. The maximum absolute atomic E-state index is 12.2. The lowest BCUT2D eigenvalue weighted by Gasteiger charge is -2.18. The van der Waals surface area contributed by atoms with Gasteiger partial charge in [0.2, 0.25) is 0 Å². The Labute approximate surface area is 56.6 Å². The molecule has 1 heterocycles. The van der Waals surface area contributed by atoms with Crippen molar-refractivity contribution in [2.75, 3.05) is 26.8 Å². The number of hydrogen-bond donors (Lipinski definition) is 0. The van der Waals surface area contributed by atoms with Crippen LogP contribution in [0.3, 0.4) is 0 Å². The van der Waals surface area contributed by atoms with Gasteiger partial charge in [-0.05, 0) is 31.9 Å². The number of rotatable bonds is 1. The SMILES string of the molecule is BC1(CF)CCN(C)C1. The Balaban J connectivity index is 2.45. The van der Waals surface area contributed by atoms with Crippen LogP contribution >= 0.6 is 0 Å². The van der Waals surface area contributed by atoms with Crippen molar-refractivity contribution in [3.8, 4) is 0 Å². The Morgan fingerprint density at radius 2 is 2.44 bits per heavy atom. The third-order valence-electron chi connectivity index (χ3n) is 2.07. The zero-order valence-electron chi connectivity index (χ0n) is 6.15. The highest BCUT2D eigenvalue weighted by atomic mass is 19.1. The molecule has 0 saturated carbocycles. The molecule has 0 aromatic heterocycles. The summed E-state index contributed by atoms with van der Waals surface area (Å²) in [7, 11) is 4.05. The van der Waals surface area contributed by atoms with Gasteiger partial charge in [0.1, 0.15) is 7.85 Å². The summed E-state index contributed by atoms with van der Waals surface area (Å²) in [5, 5.41) is -0.0330. The minimum absolute atomic E-state index is 0.0330. The highest BCUT2D eigenvalue weighted by Gasteiger charge is 2.31. The standard InChI is InChI=1S/C6H13BFN/c1-9-3-2-6(7,4-8)5-9/h2-5,7H2,1H3. The molecule has 0 amide bonds. The zero-order chi connectivity index (χ0) is 6.91. The van der Waals surface area contributed by atoms with Gasteiger partial charge in [-0.25, -0.2) is 0 Å². The molecule has 9 heavy (non-hydrogen) atoms. The third-order valence-corrected chi connectivity index (χ3v) is 2.07. The Hall–Kier alpha value is -0.0451. The van der Waals surface area contributed by atoms with Gasteiger partial charge in [0, 0.05) is 0 Å². The Bertz CT molecular complexity index is 109. The predicted octanol–water partition coefficient (Wildman–Crippen LogP) is 0.0832. The smallest absolute Gasteiger partial charge is 0.114 e. The van der Waals surface area contributed by atoms with Crippen LogP contribution in [-0.2, 0) is 0 Å². The molecular weight excluding hydrogens is 116 g/mol. The summed E-state index contributed by atoms with van der Waals surface area (Å²) in [5.74, 6) is 0. The van der Waals surface area contributed by atoms with Gasteiger partial charge in [0.25, 0.3) is 0 Å². The average molecular weight is 129 g/mol. The van der Waals surface area contributed by atoms with E-state index in [1.807, 2.05) is 14.9 Å². The summed E-state index contributed by atoms with van der Waals surface area (Å²) in [6.45, 7) is 1.81. The van der Waals surface area contributed by atoms with E-state index in [9.17, 15) is 4.39 Å². The molecule has 1 aliphatic rings. The fourth-order valence-corrected chi connectivity index (χ4v) is 1.38. The molecule has 0 bridgehead atoms. The van der Waals surface area contributed by atoms with Crippen molar-refractivity contribution >= 4 is 7.85 Å². The van der Waals surface area contributed by atoms with Gasteiger partial charge in [-0.3, -0.25) is 4.39 Å². The van der Waals surface area contributed by atoms with Crippen LogP contribution in [0, 0.1) is 0 Å².